The molecule has 3 aliphatic heterocycles. The molecule has 1 N–H and O–H groups in total. The Morgan fingerprint density at radius 3 is 1.68 bits per heavy atom. The van der Waals surface area contributed by atoms with Gasteiger partial charge in [0.05, 0.1) is 19.8 Å². The zero-order valence-electron chi connectivity index (χ0n) is 35.7. The van der Waals surface area contributed by atoms with Gasteiger partial charge in [0.15, 0.2) is 24.3 Å². The number of hydrogen-bond donors (Lipinski definition) is 1. The van der Waals surface area contributed by atoms with Crippen LogP contribution in [0.15, 0.2) is 91.0 Å². The van der Waals surface area contributed by atoms with Gasteiger partial charge in [-0.1, -0.05) is 91.0 Å². The van der Waals surface area contributed by atoms with Gasteiger partial charge in [-0.25, -0.2) is 0 Å². The normalized spacial score (nSPS) is 30.2. The number of carbonyl (C=O) groups excluding carboxylic acids is 5. The van der Waals surface area contributed by atoms with Gasteiger partial charge >= 0.3 is 29.8 Å². The molecule has 3 fully saturated rings. The van der Waals surface area contributed by atoms with Crippen LogP contribution >= 0.6 is 0 Å². The average Bonchev–Trinajstić information content (AvgIpc) is 3.22. The van der Waals surface area contributed by atoms with Gasteiger partial charge in [0.25, 0.3) is 0 Å². The summed E-state index contributed by atoms with van der Waals surface area (Å²) in [7, 11) is 0. The maximum Gasteiger partial charge on any atom is 0.305 e. The lowest BCUT2D eigenvalue weighted by Crippen LogP contribution is -2.69. The van der Waals surface area contributed by atoms with Crippen LogP contribution in [0, 0.1) is 0 Å². The predicted octanol–water partition coefficient (Wildman–Crippen LogP) is 4.40. The summed E-state index contributed by atoms with van der Waals surface area (Å²) in [5.41, 5.74) is -0.296. The zero-order valence-corrected chi connectivity index (χ0v) is 35.7. The number of hydrogen-bond acceptors (Lipinski definition) is 17. The summed E-state index contributed by atoms with van der Waals surface area (Å²) in [5.74, 6) is -3.75. The Bertz CT molecular complexity index is 1940. The first kappa shape index (κ1) is 47.8. The highest BCUT2D eigenvalue weighted by molar-refractivity contribution is 5.70. The van der Waals surface area contributed by atoms with Crippen molar-refractivity contribution in [3.8, 4) is 0 Å². The molecule has 3 aliphatic rings. The smallest absolute Gasteiger partial charge is 0.305 e. The van der Waals surface area contributed by atoms with Crippen molar-refractivity contribution in [2.45, 2.75) is 128 Å². The molecule has 17 heteroatoms. The highest BCUT2D eigenvalue weighted by atomic mass is 16.8. The molecular weight excluding hydrogens is 812 g/mol. The van der Waals surface area contributed by atoms with E-state index in [9.17, 15) is 29.1 Å². The topological polar surface area (TPSA) is 207 Å². The number of carbonyl (C=O) groups is 5. The molecular formula is C45H54O17. The second-order valence-corrected chi connectivity index (χ2v) is 15.2. The van der Waals surface area contributed by atoms with Crippen LogP contribution in [0.25, 0.3) is 0 Å². The van der Waals surface area contributed by atoms with Gasteiger partial charge in [-0.05, 0) is 25.0 Å². The minimum absolute atomic E-state index is 0.275. The maximum absolute atomic E-state index is 11.8. The quantitative estimate of drug-likeness (QED) is 0.187. The molecule has 0 bridgehead atoms. The first-order valence-electron chi connectivity index (χ1n) is 20.0. The van der Waals surface area contributed by atoms with E-state index in [1.54, 1.807) is 6.92 Å². The summed E-state index contributed by atoms with van der Waals surface area (Å²) < 4.78 is 62.2. The number of fused-ring (bicyclic) bond motifs is 1. The van der Waals surface area contributed by atoms with Crippen LogP contribution in [0.4, 0.5) is 0 Å². The second kappa shape index (κ2) is 21.7. The third kappa shape index (κ3) is 12.7. The highest BCUT2D eigenvalue weighted by Gasteiger charge is 2.62. The molecule has 336 valence electrons. The summed E-state index contributed by atoms with van der Waals surface area (Å²) in [6, 6.07) is 29.4. The van der Waals surface area contributed by atoms with E-state index in [0.717, 1.165) is 51.3 Å². The van der Waals surface area contributed by atoms with Gasteiger partial charge in [-0.15, -0.1) is 0 Å². The lowest BCUT2D eigenvalue weighted by molar-refractivity contribution is -0.390. The van der Waals surface area contributed by atoms with Crippen molar-refractivity contribution in [2.24, 2.45) is 0 Å². The fraction of sp³-hybridized carbons (Fsp3) is 0.489. The number of ether oxygens (including phenoxy) is 11. The Kier molecular flexibility index (Phi) is 16.7. The highest BCUT2D eigenvalue weighted by Crippen LogP contribution is 2.41. The van der Waals surface area contributed by atoms with E-state index in [1.807, 2.05) is 91.0 Å². The van der Waals surface area contributed by atoms with Gasteiger partial charge in [0, 0.05) is 40.2 Å². The van der Waals surface area contributed by atoms with Crippen molar-refractivity contribution in [2.75, 3.05) is 13.2 Å². The Hall–Kier alpha value is -5.27. The molecule has 2 unspecified atom stereocenters. The van der Waals surface area contributed by atoms with Crippen molar-refractivity contribution in [3.05, 3.63) is 108 Å². The molecule has 0 saturated carbocycles. The van der Waals surface area contributed by atoms with E-state index >= 15 is 0 Å². The summed E-state index contributed by atoms with van der Waals surface area (Å²) in [4.78, 5) is 57.7. The maximum atomic E-state index is 11.8. The summed E-state index contributed by atoms with van der Waals surface area (Å²) in [6.45, 7) is 9.11. The lowest BCUT2D eigenvalue weighted by atomic mass is 9.85. The van der Waals surface area contributed by atoms with Gasteiger partial charge < -0.3 is 57.2 Å². The number of esters is 5. The van der Waals surface area contributed by atoms with Crippen molar-refractivity contribution >= 4 is 29.8 Å². The van der Waals surface area contributed by atoms with Crippen LogP contribution in [-0.2, 0) is 89.3 Å². The number of rotatable bonds is 13. The molecule has 3 saturated heterocycles. The van der Waals surface area contributed by atoms with E-state index in [-0.39, 0.29) is 6.61 Å². The predicted molar refractivity (Wildman–Crippen MR) is 214 cm³/mol. The number of benzene rings is 3. The Balaban J connectivity index is 0.000000240. The van der Waals surface area contributed by atoms with E-state index in [2.05, 4.69) is 0 Å². The van der Waals surface area contributed by atoms with Crippen LogP contribution in [0.2, 0.25) is 0 Å². The monoisotopic (exact) mass is 866 g/mol. The molecule has 11 atom stereocenters. The Labute approximate surface area is 359 Å². The molecule has 62 heavy (non-hydrogen) atoms. The largest absolute Gasteiger partial charge is 0.463 e. The van der Waals surface area contributed by atoms with Gasteiger partial charge in [0.2, 0.25) is 12.4 Å². The van der Waals surface area contributed by atoms with Crippen molar-refractivity contribution in [1.29, 1.82) is 0 Å². The molecule has 17 nitrogen and oxygen atoms in total. The molecule has 0 radical (unpaired) electrons. The van der Waals surface area contributed by atoms with Gasteiger partial charge in [-0.3, -0.25) is 24.0 Å². The summed E-state index contributed by atoms with van der Waals surface area (Å²) in [5, 5.41) is 11.8. The third-order valence-corrected chi connectivity index (χ3v) is 10.0. The average molecular weight is 867 g/mol. The van der Waals surface area contributed by atoms with Crippen molar-refractivity contribution < 1.29 is 81.2 Å². The molecule has 0 amide bonds. The van der Waals surface area contributed by atoms with Crippen molar-refractivity contribution in [1.82, 2.24) is 0 Å². The first-order chi connectivity index (χ1) is 29.5. The molecule has 0 aromatic heterocycles. The molecule has 0 aliphatic carbocycles. The Morgan fingerprint density at radius 2 is 1.15 bits per heavy atom. The first-order valence-corrected chi connectivity index (χ1v) is 20.0. The zero-order chi connectivity index (χ0) is 45.0. The van der Waals surface area contributed by atoms with Crippen LogP contribution < -0.4 is 0 Å². The van der Waals surface area contributed by atoms with E-state index in [0.29, 0.717) is 13.2 Å². The summed E-state index contributed by atoms with van der Waals surface area (Å²) in [6.07, 6.45) is -8.80. The summed E-state index contributed by atoms with van der Waals surface area (Å²) >= 11 is 0. The second-order valence-electron chi connectivity index (χ2n) is 15.2. The van der Waals surface area contributed by atoms with Gasteiger partial charge in [0.1, 0.15) is 36.6 Å². The fourth-order valence-electron chi connectivity index (χ4n) is 7.35. The van der Waals surface area contributed by atoms with E-state index < -0.39 is 103 Å². The molecule has 6 rings (SSSR count). The molecule has 3 aromatic rings. The Morgan fingerprint density at radius 1 is 0.613 bits per heavy atom. The molecule has 3 aromatic carbocycles. The van der Waals surface area contributed by atoms with Crippen LogP contribution in [0.3, 0.4) is 0 Å². The van der Waals surface area contributed by atoms with Crippen LogP contribution in [0.5, 0.6) is 0 Å². The van der Waals surface area contributed by atoms with E-state index in [4.69, 9.17) is 52.1 Å². The van der Waals surface area contributed by atoms with E-state index in [1.165, 1.54) is 6.92 Å². The van der Waals surface area contributed by atoms with Gasteiger partial charge in [-0.2, -0.15) is 0 Å². The number of aliphatic hydroxyl groups is 1. The van der Waals surface area contributed by atoms with Crippen molar-refractivity contribution in [3.63, 3.8) is 0 Å². The van der Waals surface area contributed by atoms with Crippen LogP contribution in [-0.4, -0.2) is 109 Å². The van der Waals surface area contributed by atoms with Crippen LogP contribution in [0.1, 0.15) is 71.4 Å². The minimum atomic E-state index is -1.81. The molecule has 3 heterocycles. The molecule has 0 spiro atoms. The fourth-order valence-corrected chi connectivity index (χ4v) is 7.35. The lowest BCUT2D eigenvalue weighted by Gasteiger charge is -2.52. The SMILES string of the molecule is CC(=O)OC[C@H]1OC(OC(C)=O)[C@@H](OC(C)=O)[C@@](C)(OC(C)=O)[C@@H]1OC(C)=O.C[C@@]1(O)[C@H](OCc2ccccc2)[C@@H](OCc2ccccc2)O[C@@H]2COC(c3ccccc3)O[C@H]21. The standard InChI is InChI=1S/C28H30O6.C17H24O11/c1-28(29)24-23(19-32-26(34-24)22-15-9-4-10-16-22)33-27(31-18-21-13-7-3-8-14-21)25(28)30-17-20-11-5-2-6-12-20;1-8(18)23-7-13-14(24-9(2)19)17(6,28-12(5)22)15(25-10(3)20)16(27-13)26-11(4)21/h2-16,23-27,29H,17-19H2,1H3;13-16H,7H2,1-6H3/t23-,24-,25-,26?,27+,28+;13-,14-,15-,16?,17+/m11/s1. The third-order valence-electron chi connectivity index (χ3n) is 10.0. The minimum Gasteiger partial charge on any atom is -0.463 e.